The van der Waals surface area contributed by atoms with Gasteiger partial charge in [0.1, 0.15) is 12.1 Å². The number of hydrogen-bond donors (Lipinski definition) is 0. The Balaban J connectivity index is 1.48. The van der Waals surface area contributed by atoms with Gasteiger partial charge in [0, 0.05) is 29.4 Å². The smallest absolute Gasteiger partial charge is 0.226 e. The summed E-state index contributed by atoms with van der Waals surface area (Å²) in [5.41, 5.74) is 2.63. The van der Waals surface area contributed by atoms with Crippen molar-refractivity contribution in [3.05, 3.63) is 84.8 Å². The Morgan fingerprint density at radius 2 is 1.84 bits per heavy atom. The molecule has 0 aliphatic rings. The van der Waals surface area contributed by atoms with Crippen LogP contribution >= 0.6 is 11.8 Å². The minimum atomic E-state index is -0.279. The van der Waals surface area contributed by atoms with Gasteiger partial charge in [0.15, 0.2) is 5.16 Å². The molecular formula is C19H14FN3OS. The topological polar surface area (TPSA) is 43.9 Å². The maximum absolute atomic E-state index is 13.0. The number of rotatable bonds is 5. The number of nitrogens with zero attached hydrogens (tertiary/aromatic N) is 3. The summed E-state index contributed by atoms with van der Waals surface area (Å²) in [4.78, 5) is 8.87. The quantitative estimate of drug-likeness (QED) is 0.477. The van der Waals surface area contributed by atoms with Gasteiger partial charge in [0.05, 0.1) is 5.69 Å². The number of imidazole rings is 1. The van der Waals surface area contributed by atoms with E-state index in [1.807, 2.05) is 41.1 Å². The predicted molar refractivity (Wildman–Crippen MR) is 95.0 cm³/mol. The first kappa shape index (κ1) is 15.7. The standard InChI is InChI=1S/C19H14FN3OS/c20-15-8-6-14(7-9-15)18-22-16(12-24-18)13-25-19-21-10-11-23(19)17-4-2-1-3-5-17/h1-12H,13H2. The normalized spacial score (nSPS) is 10.9. The van der Waals surface area contributed by atoms with E-state index >= 15 is 0 Å². The second-order valence-corrected chi connectivity index (χ2v) is 6.30. The molecule has 0 bridgehead atoms. The van der Waals surface area contributed by atoms with Gasteiger partial charge in [-0.25, -0.2) is 14.4 Å². The second-order valence-electron chi connectivity index (χ2n) is 5.35. The van der Waals surface area contributed by atoms with Gasteiger partial charge in [0.25, 0.3) is 0 Å². The van der Waals surface area contributed by atoms with E-state index in [1.54, 1.807) is 36.4 Å². The number of hydrogen-bond acceptors (Lipinski definition) is 4. The van der Waals surface area contributed by atoms with Crippen molar-refractivity contribution in [3.8, 4) is 17.1 Å². The van der Waals surface area contributed by atoms with Crippen molar-refractivity contribution in [3.63, 3.8) is 0 Å². The lowest BCUT2D eigenvalue weighted by atomic mass is 10.2. The van der Waals surface area contributed by atoms with Gasteiger partial charge in [-0.15, -0.1) is 0 Å². The molecule has 0 saturated carbocycles. The van der Waals surface area contributed by atoms with Crippen molar-refractivity contribution in [2.45, 2.75) is 10.9 Å². The SMILES string of the molecule is Fc1ccc(-c2nc(CSc3nccn3-c3ccccc3)co2)cc1. The third-order valence-electron chi connectivity index (χ3n) is 3.63. The molecule has 0 atom stereocenters. The van der Waals surface area contributed by atoms with Crippen molar-refractivity contribution >= 4 is 11.8 Å². The van der Waals surface area contributed by atoms with Crippen LogP contribution in [-0.4, -0.2) is 14.5 Å². The first-order chi connectivity index (χ1) is 12.3. The van der Waals surface area contributed by atoms with Crippen molar-refractivity contribution in [1.29, 1.82) is 0 Å². The van der Waals surface area contributed by atoms with Gasteiger partial charge >= 0.3 is 0 Å². The molecule has 6 heteroatoms. The molecule has 0 radical (unpaired) electrons. The largest absolute Gasteiger partial charge is 0.444 e. The molecule has 0 unspecified atom stereocenters. The van der Waals surface area contributed by atoms with E-state index in [0.29, 0.717) is 11.6 Å². The summed E-state index contributed by atoms with van der Waals surface area (Å²) in [5, 5.41) is 0.887. The Morgan fingerprint density at radius 1 is 1.04 bits per heavy atom. The molecule has 0 aliphatic heterocycles. The Bertz CT molecular complexity index is 964. The lowest BCUT2D eigenvalue weighted by Crippen LogP contribution is -1.94. The van der Waals surface area contributed by atoms with Crippen molar-refractivity contribution in [2.75, 3.05) is 0 Å². The maximum atomic E-state index is 13.0. The van der Waals surface area contributed by atoms with Gasteiger partial charge in [-0.3, -0.25) is 4.57 Å². The highest BCUT2D eigenvalue weighted by Crippen LogP contribution is 2.26. The first-order valence-electron chi connectivity index (χ1n) is 7.71. The fourth-order valence-electron chi connectivity index (χ4n) is 2.42. The first-order valence-corrected chi connectivity index (χ1v) is 8.70. The fraction of sp³-hybridized carbons (Fsp3) is 0.0526. The molecule has 2 aromatic heterocycles. The molecule has 0 amide bonds. The van der Waals surface area contributed by atoms with Crippen LogP contribution in [0.5, 0.6) is 0 Å². The molecule has 0 fully saturated rings. The number of para-hydroxylation sites is 1. The summed E-state index contributed by atoms with van der Waals surface area (Å²) >= 11 is 1.58. The summed E-state index contributed by atoms with van der Waals surface area (Å²) in [7, 11) is 0. The molecular weight excluding hydrogens is 337 g/mol. The van der Waals surface area contributed by atoms with E-state index in [2.05, 4.69) is 9.97 Å². The molecule has 2 aromatic carbocycles. The van der Waals surface area contributed by atoms with E-state index in [1.165, 1.54) is 12.1 Å². The summed E-state index contributed by atoms with van der Waals surface area (Å²) in [6.45, 7) is 0. The van der Waals surface area contributed by atoms with Crippen LogP contribution in [0.3, 0.4) is 0 Å². The van der Waals surface area contributed by atoms with Crippen molar-refractivity contribution in [1.82, 2.24) is 14.5 Å². The van der Waals surface area contributed by atoms with Gasteiger partial charge in [0.2, 0.25) is 5.89 Å². The second kappa shape index (κ2) is 6.94. The van der Waals surface area contributed by atoms with Crippen molar-refractivity contribution < 1.29 is 8.81 Å². The van der Waals surface area contributed by atoms with E-state index in [0.717, 1.165) is 22.1 Å². The minimum absolute atomic E-state index is 0.279. The Morgan fingerprint density at radius 3 is 2.64 bits per heavy atom. The average Bonchev–Trinajstić information content (AvgIpc) is 3.31. The molecule has 2 heterocycles. The highest BCUT2D eigenvalue weighted by molar-refractivity contribution is 7.98. The number of aromatic nitrogens is 3. The van der Waals surface area contributed by atoms with Crippen LogP contribution in [0.4, 0.5) is 4.39 Å². The highest BCUT2D eigenvalue weighted by atomic mass is 32.2. The monoisotopic (exact) mass is 351 g/mol. The maximum Gasteiger partial charge on any atom is 0.226 e. The fourth-order valence-corrected chi connectivity index (χ4v) is 3.27. The summed E-state index contributed by atoms with van der Waals surface area (Å²) < 4.78 is 20.5. The zero-order valence-corrected chi connectivity index (χ0v) is 14.0. The molecule has 4 rings (SSSR count). The average molecular weight is 351 g/mol. The molecule has 4 aromatic rings. The third kappa shape index (κ3) is 3.49. The lowest BCUT2D eigenvalue weighted by Gasteiger charge is -2.06. The summed E-state index contributed by atoms with van der Waals surface area (Å²) in [5.74, 6) is 0.843. The minimum Gasteiger partial charge on any atom is -0.444 e. The molecule has 0 N–H and O–H groups in total. The van der Waals surface area contributed by atoms with E-state index in [-0.39, 0.29) is 5.82 Å². The molecule has 25 heavy (non-hydrogen) atoms. The van der Waals surface area contributed by atoms with Crippen LogP contribution in [0.1, 0.15) is 5.69 Å². The zero-order chi connectivity index (χ0) is 17.1. The molecule has 0 aliphatic carbocycles. The van der Waals surface area contributed by atoms with Crippen LogP contribution in [0.25, 0.3) is 17.1 Å². The van der Waals surface area contributed by atoms with Crippen LogP contribution < -0.4 is 0 Å². The number of halogens is 1. The van der Waals surface area contributed by atoms with Gasteiger partial charge < -0.3 is 4.42 Å². The van der Waals surface area contributed by atoms with Crippen LogP contribution in [0.15, 0.2) is 82.8 Å². The van der Waals surface area contributed by atoms with E-state index < -0.39 is 0 Å². The highest BCUT2D eigenvalue weighted by Gasteiger charge is 2.10. The Labute approximate surface area is 148 Å². The van der Waals surface area contributed by atoms with Crippen LogP contribution in [-0.2, 0) is 5.75 Å². The van der Waals surface area contributed by atoms with Gasteiger partial charge in [-0.2, -0.15) is 0 Å². The Hall–Kier alpha value is -2.86. The third-order valence-corrected chi connectivity index (χ3v) is 4.63. The van der Waals surface area contributed by atoms with Crippen molar-refractivity contribution in [2.24, 2.45) is 0 Å². The molecule has 4 nitrogen and oxygen atoms in total. The molecule has 0 saturated heterocycles. The van der Waals surface area contributed by atoms with Crippen LogP contribution in [0.2, 0.25) is 0 Å². The number of benzene rings is 2. The number of thioether (sulfide) groups is 1. The zero-order valence-electron chi connectivity index (χ0n) is 13.2. The summed E-state index contributed by atoms with van der Waals surface area (Å²) in [6.07, 6.45) is 5.34. The van der Waals surface area contributed by atoms with Crippen LogP contribution in [0, 0.1) is 5.82 Å². The van der Waals surface area contributed by atoms with Gasteiger partial charge in [-0.05, 0) is 36.4 Å². The predicted octanol–water partition coefficient (Wildman–Crippen LogP) is 4.96. The summed E-state index contributed by atoms with van der Waals surface area (Å²) in [6, 6.07) is 16.1. The van der Waals surface area contributed by atoms with E-state index in [4.69, 9.17) is 4.42 Å². The Kier molecular flexibility index (Phi) is 4.35. The van der Waals surface area contributed by atoms with E-state index in [9.17, 15) is 4.39 Å². The van der Waals surface area contributed by atoms with Gasteiger partial charge in [-0.1, -0.05) is 30.0 Å². The lowest BCUT2D eigenvalue weighted by molar-refractivity contribution is 0.573. The number of oxazole rings is 1. The molecule has 0 spiro atoms. The molecule has 124 valence electrons.